The lowest BCUT2D eigenvalue weighted by atomic mass is 9.96. The average Bonchev–Trinajstić information content (AvgIpc) is 2.90. The van der Waals surface area contributed by atoms with Gasteiger partial charge in [0.2, 0.25) is 0 Å². The van der Waals surface area contributed by atoms with E-state index in [1.165, 1.54) is 0 Å². The molecular weight excluding hydrogens is 306 g/mol. The van der Waals surface area contributed by atoms with Gasteiger partial charge in [-0.25, -0.2) is 4.98 Å². The Balaban J connectivity index is 1.61. The van der Waals surface area contributed by atoms with Crippen molar-refractivity contribution in [2.24, 2.45) is 13.0 Å². The average molecular weight is 329 g/mol. The van der Waals surface area contributed by atoms with E-state index >= 15 is 0 Å². The third-order valence-electron chi connectivity index (χ3n) is 4.65. The fourth-order valence-corrected chi connectivity index (χ4v) is 3.26. The molecule has 0 bridgehead atoms. The maximum atomic E-state index is 12.6. The molecule has 2 aromatic rings. The van der Waals surface area contributed by atoms with Crippen LogP contribution in [0.1, 0.15) is 34.6 Å². The molecule has 0 aliphatic carbocycles. The van der Waals surface area contributed by atoms with Crippen molar-refractivity contribution in [3.05, 3.63) is 45.9 Å². The lowest BCUT2D eigenvalue weighted by Crippen LogP contribution is -2.40. The van der Waals surface area contributed by atoms with Gasteiger partial charge in [0.15, 0.2) is 0 Å². The minimum Gasteiger partial charge on any atom is -0.337 e. The van der Waals surface area contributed by atoms with Crippen molar-refractivity contribution in [2.75, 3.05) is 13.1 Å². The van der Waals surface area contributed by atoms with E-state index in [1.54, 1.807) is 35.7 Å². The van der Waals surface area contributed by atoms with Crippen LogP contribution in [-0.2, 0) is 13.6 Å². The Morgan fingerprint density at radius 2 is 2.00 bits per heavy atom. The molecule has 0 saturated carbocycles. The Labute approximate surface area is 140 Å². The van der Waals surface area contributed by atoms with Crippen molar-refractivity contribution >= 4 is 5.91 Å². The number of carbonyl (C=O) groups is 1. The molecule has 0 atom stereocenters. The number of amides is 1. The number of rotatable bonds is 3. The quantitative estimate of drug-likeness (QED) is 0.847. The van der Waals surface area contributed by atoms with E-state index in [-0.39, 0.29) is 11.5 Å². The van der Waals surface area contributed by atoms with Crippen LogP contribution in [0, 0.1) is 19.8 Å². The van der Waals surface area contributed by atoms with Gasteiger partial charge in [0, 0.05) is 38.4 Å². The first-order valence-corrected chi connectivity index (χ1v) is 8.26. The van der Waals surface area contributed by atoms with E-state index in [4.69, 9.17) is 0 Å². The second kappa shape index (κ2) is 6.59. The Morgan fingerprint density at radius 1 is 1.29 bits per heavy atom. The van der Waals surface area contributed by atoms with Crippen molar-refractivity contribution in [3.63, 3.8) is 0 Å². The van der Waals surface area contributed by atoms with Crippen LogP contribution in [0.25, 0.3) is 0 Å². The largest absolute Gasteiger partial charge is 0.337 e. The monoisotopic (exact) mass is 329 g/mol. The summed E-state index contributed by atoms with van der Waals surface area (Å²) in [6.45, 7) is 5.75. The van der Waals surface area contributed by atoms with Crippen LogP contribution in [0.5, 0.6) is 0 Å². The molecule has 1 fully saturated rings. The maximum Gasteiger partial charge on any atom is 0.272 e. The van der Waals surface area contributed by atoms with Crippen molar-refractivity contribution in [1.82, 2.24) is 24.2 Å². The summed E-state index contributed by atoms with van der Waals surface area (Å²) in [6.07, 6.45) is 4.98. The molecular formula is C17H23N5O2. The van der Waals surface area contributed by atoms with Gasteiger partial charge in [-0.15, -0.1) is 0 Å². The minimum atomic E-state index is 0.0221. The molecule has 2 aromatic heterocycles. The van der Waals surface area contributed by atoms with E-state index in [2.05, 4.69) is 10.1 Å². The molecule has 0 unspecified atom stereocenters. The molecule has 7 heteroatoms. The Kier molecular flexibility index (Phi) is 4.51. The number of aromatic nitrogens is 4. The molecule has 3 heterocycles. The Bertz CT molecular complexity index is 800. The Hall–Kier alpha value is -2.44. The first-order valence-electron chi connectivity index (χ1n) is 8.26. The van der Waals surface area contributed by atoms with E-state index in [9.17, 15) is 9.59 Å². The number of piperidine rings is 1. The molecule has 1 saturated heterocycles. The standard InChI is InChI=1S/C17H23N5O2/c1-12-9-18-11-22(16(12)23)10-14-4-6-21(7-5-14)17(24)15-8-13(2)19-20(15)3/h8-9,11,14H,4-7,10H2,1-3H3. The summed E-state index contributed by atoms with van der Waals surface area (Å²) in [6, 6.07) is 1.83. The van der Waals surface area contributed by atoms with Crippen LogP contribution in [-0.4, -0.2) is 43.2 Å². The summed E-state index contributed by atoms with van der Waals surface area (Å²) in [7, 11) is 1.80. The van der Waals surface area contributed by atoms with Crippen molar-refractivity contribution in [3.8, 4) is 0 Å². The zero-order valence-electron chi connectivity index (χ0n) is 14.4. The highest BCUT2D eigenvalue weighted by Gasteiger charge is 2.25. The topological polar surface area (TPSA) is 73.0 Å². The minimum absolute atomic E-state index is 0.0221. The van der Waals surface area contributed by atoms with E-state index < -0.39 is 0 Å². The lowest BCUT2D eigenvalue weighted by Gasteiger charge is -2.32. The van der Waals surface area contributed by atoms with Crippen molar-refractivity contribution in [1.29, 1.82) is 0 Å². The predicted octanol–water partition coefficient (Wildman–Crippen LogP) is 1.15. The van der Waals surface area contributed by atoms with Gasteiger partial charge < -0.3 is 4.90 Å². The summed E-state index contributed by atoms with van der Waals surface area (Å²) in [5.41, 5.74) is 2.16. The summed E-state index contributed by atoms with van der Waals surface area (Å²) in [5, 5.41) is 4.24. The van der Waals surface area contributed by atoms with Gasteiger partial charge >= 0.3 is 0 Å². The molecule has 7 nitrogen and oxygen atoms in total. The molecule has 128 valence electrons. The third kappa shape index (κ3) is 3.25. The van der Waals surface area contributed by atoms with Gasteiger partial charge in [-0.05, 0) is 38.7 Å². The Morgan fingerprint density at radius 3 is 2.62 bits per heavy atom. The molecule has 0 spiro atoms. The number of likely N-dealkylation sites (tertiary alicyclic amines) is 1. The van der Waals surface area contributed by atoms with Crippen molar-refractivity contribution < 1.29 is 4.79 Å². The van der Waals surface area contributed by atoms with Gasteiger partial charge in [0.1, 0.15) is 5.69 Å². The number of hydrogen-bond acceptors (Lipinski definition) is 4. The molecule has 3 rings (SSSR count). The summed E-state index contributed by atoms with van der Waals surface area (Å²) >= 11 is 0. The second-order valence-electron chi connectivity index (χ2n) is 6.56. The molecule has 0 radical (unpaired) electrons. The van der Waals surface area contributed by atoms with E-state index in [0.29, 0.717) is 36.8 Å². The lowest BCUT2D eigenvalue weighted by molar-refractivity contribution is 0.0671. The van der Waals surface area contributed by atoms with Crippen LogP contribution in [0.15, 0.2) is 23.4 Å². The molecule has 1 amide bonds. The fourth-order valence-electron chi connectivity index (χ4n) is 3.26. The zero-order chi connectivity index (χ0) is 17.3. The third-order valence-corrected chi connectivity index (χ3v) is 4.65. The second-order valence-corrected chi connectivity index (χ2v) is 6.56. The highest BCUT2D eigenvalue weighted by atomic mass is 16.2. The number of nitrogens with zero attached hydrogens (tertiary/aromatic N) is 5. The molecule has 0 N–H and O–H groups in total. The highest BCUT2D eigenvalue weighted by molar-refractivity contribution is 5.92. The van der Waals surface area contributed by atoms with E-state index in [1.807, 2.05) is 17.9 Å². The van der Waals surface area contributed by atoms with Crippen LogP contribution in [0.3, 0.4) is 0 Å². The van der Waals surface area contributed by atoms with Gasteiger partial charge in [-0.1, -0.05) is 0 Å². The number of aryl methyl sites for hydroxylation is 3. The fraction of sp³-hybridized carbons (Fsp3) is 0.529. The maximum absolute atomic E-state index is 12.6. The van der Waals surface area contributed by atoms with Crippen LogP contribution in [0.4, 0.5) is 0 Å². The van der Waals surface area contributed by atoms with E-state index in [0.717, 1.165) is 18.5 Å². The SMILES string of the molecule is Cc1cc(C(=O)N2CCC(Cn3cncc(C)c3=O)CC2)n(C)n1. The summed E-state index contributed by atoms with van der Waals surface area (Å²) in [4.78, 5) is 30.7. The zero-order valence-corrected chi connectivity index (χ0v) is 14.4. The number of hydrogen-bond donors (Lipinski definition) is 0. The van der Waals surface area contributed by atoms with Gasteiger partial charge in [-0.3, -0.25) is 18.8 Å². The van der Waals surface area contributed by atoms with Gasteiger partial charge in [-0.2, -0.15) is 5.10 Å². The van der Waals surface area contributed by atoms with Crippen molar-refractivity contribution in [2.45, 2.75) is 33.2 Å². The smallest absolute Gasteiger partial charge is 0.272 e. The molecule has 1 aliphatic heterocycles. The highest BCUT2D eigenvalue weighted by Crippen LogP contribution is 2.20. The van der Waals surface area contributed by atoms with Gasteiger partial charge in [0.25, 0.3) is 11.5 Å². The predicted molar refractivity (Wildman–Crippen MR) is 89.8 cm³/mol. The molecule has 0 aromatic carbocycles. The summed E-state index contributed by atoms with van der Waals surface area (Å²) < 4.78 is 3.32. The van der Waals surface area contributed by atoms with Crippen LogP contribution >= 0.6 is 0 Å². The molecule has 24 heavy (non-hydrogen) atoms. The first kappa shape index (κ1) is 16.4. The first-order chi connectivity index (χ1) is 11.5. The number of carbonyl (C=O) groups excluding carboxylic acids is 1. The van der Waals surface area contributed by atoms with Gasteiger partial charge in [0.05, 0.1) is 12.0 Å². The van der Waals surface area contributed by atoms with Crippen LogP contribution < -0.4 is 5.56 Å². The van der Waals surface area contributed by atoms with Crippen LogP contribution in [0.2, 0.25) is 0 Å². The normalized spacial score (nSPS) is 15.7. The molecule has 1 aliphatic rings. The summed E-state index contributed by atoms with van der Waals surface area (Å²) in [5.74, 6) is 0.426.